The van der Waals surface area contributed by atoms with Gasteiger partial charge in [0.25, 0.3) is 5.91 Å². The number of para-hydroxylation sites is 2. The van der Waals surface area contributed by atoms with E-state index in [0.29, 0.717) is 22.7 Å². The number of nitrogens with one attached hydrogen (secondary N) is 1. The molecule has 0 bridgehead atoms. The van der Waals surface area contributed by atoms with Crippen molar-refractivity contribution in [2.45, 2.75) is 0 Å². The number of rotatable bonds is 6. The maximum atomic E-state index is 12.4. The van der Waals surface area contributed by atoms with Crippen LogP contribution in [0.4, 0.5) is 5.69 Å². The maximum Gasteiger partial charge on any atom is 0.331 e. The summed E-state index contributed by atoms with van der Waals surface area (Å²) in [6.45, 7) is -0.449. The van der Waals surface area contributed by atoms with E-state index in [-0.39, 0.29) is 0 Å². The summed E-state index contributed by atoms with van der Waals surface area (Å²) in [6, 6.07) is 22.6. The van der Waals surface area contributed by atoms with Crippen molar-refractivity contribution in [3.8, 4) is 5.75 Å². The molecule has 1 N–H and O–H groups in total. The Morgan fingerprint density at radius 1 is 0.971 bits per heavy atom. The SMILES string of the molecule is COc1cc2c(cc1NC(=O)COC(=O)C=Cc1ccc3ccccc3n1)oc1ccccc12. The molecule has 5 rings (SSSR count). The number of fused-ring (bicyclic) bond motifs is 4. The second-order valence-electron chi connectivity index (χ2n) is 7.56. The molecule has 0 unspecified atom stereocenters. The van der Waals surface area contributed by atoms with Gasteiger partial charge in [0, 0.05) is 28.3 Å². The van der Waals surface area contributed by atoms with Gasteiger partial charge in [-0.05, 0) is 30.3 Å². The topological polar surface area (TPSA) is 90.7 Å². The third-order valence-corrected chi connectivity index (χ3v) is 5.33. The van der Waals surface area contributed by atoms with Crippen LogP contribution in [0.25, 0.3) is 38.9 Å². The molecule has 168 valence electrons. The van der Waals surface area contributed by atoms with E-state index in [4.69, 9.17) is 13.9 Å². The number of pyridine rings is 1. The number of hydrogen-bond donors (Lipinski definition) is 1. The Balaban J connectivity index is 1.24. The maximum absolute atomic E-state index is 12.4. The summed E-state index contributed by atoms with van der Waals surface area (Å²) in [5.41, 5.74) is 3.22. The van der Waals surface area contributed by atoms with E-state index >= 15 is 0 Å². The molecule has 34 heavy (non-hydrogen) atoms. The van der Waals surface area contributed by atoms with E-state index < -0.39 is 18.5 Å². The van der Waals surface area contributed by atoms with Gasteiger partial charge in [0.05, 0.1) is 24.0 Å². The number of hydrogen-bond acceptors (Lipinski definition) is 6. The number of furan rings is 1. The van der Waals surface area contributed by atoms with Crippen LogP contribution in [0, 0.1) is 0 Å². The molecule has 2 heterocycles. The predicted molar refractivity (Wildman–Crippen MR) is 131 cm³/mol. The first-order valence-electron chi connectivity index (χ1n) is 10.6. The molecule has 0 aliphatic heterocycles. The fourth-order valence-electron chi connectivity index (χ4n) is 3.72. The number of methoxy groups -OCH3 is 1. The number of nitrogens with zero attached hydrogens (tertiary/aromatic N) is 1. The van der Waals surface area contributed by atoms with E-state index in [9.17, 15) is 9.59 Å². The smallest absolute Gasteiger partial charge is 0.331 e. The Hall–Kier alpha value is -4.65. The summed E-state index contributed by atoms with van der Waals surface area (Å²) in [7, 11) is 1.52. The van der Waals surface area contributed by atoms with Gasteiger partial charge in [-0.2, -0.15) is 0 Å². The zero-order valence-corrected chi connectivity index (χ0v) is 18.3. The molecule has 7 heteroatoms. The van der Waals surface area contributed by atoms with Crippen LogP contribution in [0.1, 0.15) is 5.69 Å². The van der Waals surface area contributed by atoms with Crippen LogP contribution in [0.5, 0.6) is 5.75 Å². The van der Waals surface area contributed by atoms with Crippen molar-refractivity contribution in [3.05, 3.63) is 84.6 Å². The van der Waals surface area contributed by atoms with Gasteiger partial charge in [0.2, 0.25) is 0 Å². The van der Waals surface area contributed by atoms with Crippen molar-refractivity contribution in [1.29, 1.82) is 0 Å². The van der Waals surface area contributed by atoms with Crippen LogP contribution in [0.15, 0.2) is 83.3 Å². The Kier molecular flexibility index (Phi) is 5.66. The van der Waals surface area contributed by atoms with Gasteiger partial charge in [-0.15, -0.1) is 0 Å². The van der Waals surface area contributed by atoms with Crippen LogP contribution in [-0.4, -0.2) is 30.6 Å². The normalized spacial score (nSPS) is 11.3. The third kappa shape index (κ3) is 4.31. The number of carbonyl (C=O) groups is 2. The standard InChI is InChI=1S/C27H20N2O5/c1-32-25-14-20-19-7-3-5-9-23(19)34-24(20)15-22(25)29-26(30)16-33-27(31)13-12-18-11-10-17-6-2-4-8-21(17)28-18/h2-15H,16H2,1H3,(H,29,30). The van der Waals surface area contributed by atoms with Crippen molar-refractivity contribution in [2.75, 3.05) is 19.0 Å². The van der Waals surface area contributed by atoms with Gasteiger partial charge in [-0.1, -0.05) is 42.5 Å². The largest absolute Gasteiger partial charge is 0.495 e. The highest BCUT2D eigenvalue weighted by Crippen LogP contribution is 2.36. The van der Waals surface area contributed by atoms with E-state index in [0.717, 1.165) is 27.3 Å². The molecule has 0 saturated heterocycles. The van der Waals surface area contributed by atoms with Gasteiger partial charge in [0.1, 0.15) is 16.9 Å². The lowest BCUT2D eigenvalue weighted by atomic mass is 10.1. The lowest BCUT2D eigenvalue weighted by molar-refractivity contribution is -0.142. The first kappa shape index (κ1) is 21.2. The zero-order valence-electron chi connectivity index (χ0n) is 18.3. The lowest BCUT2D eigenvalue weighted by Gasteiger charge is -2.10. The molecule has 2 aromatic heterocycles. The third-order valence-electron chi connectivity index (χ3n) is 5.33. The summed E-state index contributed by atoms with van der Waals surface area (Å²) < 4.78 is 16.4. The van der Waals surface area contributed by atoms with Crippen molar-refractivity contribution in [1.82, 2.24) is 4.98 Å². The monoisotopic (exact) mass is 452 g/mol. The minimum Gasteiger partial charge on any atom is -0.495 e. The molecule has 1 amide bonds. The van der Waals surface area contributed by atoms with Gasteiger partial charge < -0.3 is 19.2 Å². The van der Waals surface area contributed by atoms with Crippen LogP contribution < -0.4 is 10.1 Å². The van der Waals surface area contributed by atoms with Gasteiger partial charge in [0.15, 0.2) is 6.61 Å². The first-order chi connectivity index (χ1) is 16.6. The quantitative estimate of drug-likeness (QED) is 0.276. The van der Waals surface area contributed by atoms with E-state index in [1.165, 1.54) is 13.2 Å². The minimum atomic E-state index is -0.648. The number of ether oxygens (including phenoxy) is 2. The molecular weight excluding hydrogens is 432 g/mol. The van der Waals surface area contributed by atoms with Crippen LogP contribution >= 0.6 is 0 Å². The number of aromatic nitrogens is 1. The Morgan fingerprint density at radius 3 is 2.68 bits per heavy atom. The highest BCUT2D eigenvalue weighted by Gasteiger charge is 2.14. The number of esters is 1. The summed E-state index contributed by atoms with van der Waals surface area (Å²) in [5.74, 6) is -0.676. The van der Waals surface area contributed by atoms with E-state index in [1.54, 1.807) is 18.2 Å². The summed E-state index contributed by atoms with van der Waals surface area (Å²) in [5, 5.41) is 5.55. The summed E-state index contributed by atoms with van der Waals surface area (Å²) in [6.07, 6.45) is 2.79. The average Bonchev–Trinajstić information content (AvgIpc) is 3.23. The molecule has 0 spiro atoms. The fourth-order valence-corrected chi connectivity index (χ4v) is 3.72. The van der Waals surface area contributed by atoms with Crippen LogP contribution in [0.3, 0.4) is 0 Å². The molecule has 0 atom stereocenters. The van der Waals surface area contributed by atoms with E-state index in [1.807, 2.05) is 60.7 Å². The molecule has 0 fully saturated rings. The molecule has 0 radical (unpaired) electrons. The fraction of sp³-hybridized carbons (Fsp3) is 0.0741. The minimum absolute atomic E-state index is 0.422. The van der Waals surface area contributed by atoms with Gasteiger partial charge in [-0.25, -0.2) is 9.78 Å². The summed E-state index contributed by atoms with van der Waals surface area (Å²) in [4.78, 5) is 28.9. The van der Waals surface area contributed by atoms with Crippen molar-refractivity contribution >= 4 is 56.5 Å². The molecule has 7 nitrogen and oxygen atoms in total. The Morgan fingerprint density at radius 2 is 1.79 bits per heavy atom. The first-order valence-corrected chi connectivity index (χ1v) is 10.6. The van der Waals surface area contributed by atoms with Crippen LogP contribution in [-0.2, 0) is 14.3 Å². The van der Waals surface area contributed by atoms with E-state index in [2.05, 4.69) is 10.3 Å². The second-order valence-corrected chi connectivity index (χ2v) is 7.56. The van der Waals surface area contributed by atoms with Crippen LogP contribution in [0.2, 0.25) is 0 Å². The number of benzene rings is 3. The number of carbonyl (C=O) groups excluding carboxylic acids is 2. The van der Waals surface area contributed by atoms with Crippen molar-refractivity contribution in [3.63, 3.8) is 0 Å². The van der Waals surface area contributed by atoms with Crippen molar-refractivity contribution < 1.29 is 23.5 Å². The number of amides is 1. The van der Waals surface area contributed by atoms with Gasteiger partial charge >= 0.3 is 5.97 Å². The molecule has 3 aromatic carbocycles. The molecular formula is C27H20N2O5. The number of anilines is 1. The highest BCUT2D eigenvalue weighted by atomic mass is 16.5. The Bertz CT molecular complexity index is 1570. The second kappa shape index (κ2) is 9.07. The average molecular weight is 452 g/mol. The molecule has 0 aliphatic carbocycles. The zero-order chi connectivity index (χ0) is 23.5. The van der Waals surface area contributed by atoms with Crippen molar-refractivity contribution in [2.24, 2.45) is 0 Å². The predicted octanol–water partition coefficient (Wildman–Crippen LogP) is 5.34. The lowest BCUT2D eigenvalue weighted by Crippen LogP contribution is -2.20. The Labute approximate surface area is 194 Å². The highest BCUT2D eigenvalue weighted by molar-refractivity contribution is 6.08. The molecule has 5 aromatic rings. The summed E-state index contributed by atoms with van der Waals surface area (Å²) >= 11 is 0. The van der Waals surface area contributed by atoms with Gasteiger partial charge in [-0.3, -0.25) is 4.79 Å². The molecule has 0 saturated carbocycles. The molecule has 0 aliphatic rings.